The Bertz CT molecular complexity index is 1110. The fourth-order valence-corrected chi connectivity index (χ4v) is 4.44. The van der Waals surface area contributed by atoms with Gasteiger partial charge in [0.15, 0.2) is 10.9 Å². The van der Waals surface area contributed by atoms with Crippen molar-refractivity contribution in [3.63, 3.8) is 0 Å². The zero-order valence-corrected chi connectivity index (χ0v) is 16.4. The minimum absolute atomic E-state index is 0.00936. The number of nitrogens with zero attached hydrogens (tertiary/aromatic N) is 6. The summed E-state index contributed by atoms with van der Waals surface area (Å²) in [6.07, 6.45) is 6.88. The number of rotatable bonds is 4. The third kappa shape index (κ3) is 3.68. The molecule has 3 aromatic heterocycles. The number of piperidine rings is 1. The number of thiazole rings is 1. The second-order valence-electron chi connectivity index (χ2n) is 6.95. The Labute approximate surface area is 171 Å². The van der Waals surface area contributed by atoms with E-state index in [4.69, 9.17) is 0 Å². The van der Waals surface area contributed by atoms with Crippen molar-refractivity contribution in [1.82, 2.24) is 24.7 Å². The lowest BCUT2D eigenvalue weighted by molar-refractivity contribution is -0.120. The van der Waals surface area contributed by atoms with E-state index < -0.39 is 0 Å². The minimum atomic E-state index is -0.112. The second-order valence-corrected chi connectivity index (χ2v) is 7.98. The van der Waals surface area contributed by atoms with Crippen LogP contribution < -0.4 is 10.2 Å². The smallest absolute Gasteiger partial charge is 0.231 e. The van der Waals surface area contributed by atoms with Gasteiger partial charge in [-0.25, -0.2) is 19.6 Å². The zero-order valence-electron chi connectivity index (χ0n) is 15.6. The maximum absolute atomic E-state index is 12.9. The molecule has 5 rings (SSSR count). The summed E-state index contributed by atoms with van der Waals surface area (Å²) in [5.74, 6) is 1.41. The van der Waals surface area contributed by atoms with Crippen molar-refractivity contribution in [2.45, 2.75) is 12.8 Å². The van der Waals surface area contributed by atoms with Crippen molar-refractivity contribution in [2.75, 3.05) is 23.3 Å². The number of carbonyl (C=O) groups excluding carboxylic acids is 1. The van der Waals surface area contributed by atoms with Crippen molar-refractivity contribution in [3.8, 4) is 5.82 Å². The predicted molar refractivity (Wildman–Crippen MR) is 112 cm³/mol. The van der Waals surface area contributed by atoms with Crippen LogP contribution in [0.25, 0.3) is 16.0 Å². The maximum Gasteiger partial charge on any atom is 0.231 e. The number of aromatic nitrogens is 5. The molecule has 0 aliphatic carbocycles. The van der Waals surface area contributed by atoms with Gasteiger partial charge in [-0.3, -0.25) is 4.79 Å². The van der Waals surface area contributed by atoms with E-state index >= 15 is 0 Å². The summed E-state index contributed by atoms with van der Waals surface area (Å²) in [4.78, 5) is 28.2. The molecule has 9 heteroatoms. The van der Waals surface area contributed by atoms with E-state index in [2.05, 4.69) is 30.3 Å². The van der Waals surface area contributed by atoms with Crippen LogP contribution >= 0.6 is 11.3 Å². The summed E-state index contributed by atoms with van der Waals surface area (Å²) < 4.78 is 2.77. The van der Waals surface area contributed by atoms with E-state index in [0.717, 1.165) is 35.4 Å². The van der Waals surface area contributed by atoms with Crippen molar-refractivity contribution >= 4 is 38.4 Å². The Kier molecular flexibility index (Phi) is 4.65. The normalized spacial score (nSPS) is 16.8. The number of nitrogens with one attached hydrogen (secondary N) is 1. The van der Waals surface area contributed by atoms with E-state index in [1.807, 2.05) is 42.6 Å². The average molecular weight is 405 g/mol. The summed E-state index contributed by atoms with van der Waals surface area (Å²) in [6.45, 7) is 1.48. The number of anilines is 2. The molecule has 0 saturated carbocycles. The molecular weight excluding hydrogens is 386 g/mol. The van der Waals surface area contributed by atoms with Crippen molar-refractivity contribution in [2.24, 2.45) is 5.92 Å². The van der Waals surface area contributed by atoms with E-state index in [1.54, 1.807) is 10.9 Å². The van der Waals surface area contributed by atoms with Crippen LogP contribution in [0.1, 0.15) is 12.8 Å². The minimum Gasteiger partial charge on any atom is -0.356 e. The van der Waals surface area contributed by atoms with E-state index in [-0.39, 0.29) is 11.8 Å². The number of hydrogen-bond acceptors (Lipinski definition) is 7. The number of hydrogen-bond donors (Lipinski definition) is 1. The molecule has 1 aromatic carbocycles. The largest absolute Gasteiger partial charge is 0.356 e. The van der Waals surface area contributed by atoms with Gasteiger partial charge in [0, 0.05) is 31.5 Å². The fraction of sp³-hybridized carbons (Fsp3) is 0.250. The second kappa shape index (κ2) is 7.59. The zero-order chi connectivity index (χ0) is 19.6. The number of amides is 1. The Hall–Kier alpha value is -3.33. The lowest BCUT2D eigenvalue weighted by Gasteiger charge is -2.32. The van der Waals surface area contributed by atoms with E-state index in [1.165, 1.54) is 17.7 Å². The molecule has 1 aliphatic heterocycles. The van der Waals surface area contributed by atoms with E-state index in [0.29, 0.717) is 17.5 Å². The van der Waals surface area contributed by atoms with Gasteiger partial charge in [-0.2, -0.15) is 5.10 Å². The highest BCUT2D eigenvalue weighted by atomic mass is 32.1. The molecule has 1 N–H and O–H groups in total. The Balaban J connectivity index is 1.30. The highest BCUT2D eigenvalue weighted by Crippen LogP contribution is 2.27. The predicted octanol–water partition coefficient (Wildman–Crippen LogP) is 3.13. The molecule has 4 aromatic rings. The van der Waals surface area contributed by atoms with Crippen LogP contribution in [0.4, 0.5) is 10.9 Å². The third-order valence-electron chi connectivity index (χ3n) is 5.02. The summed E-state index contributed by atoms with van der Waals surface area (Å²) >= 11 is 1.50. The Morgan fingerprint density at radius 2 is 2.07 bits per heavy atom. The molecule has 1 atom stereocenters. The van der Waals surface area contributed by atoms with Gasteiger partial charge in [-0.1, -0.05) is 23.5 Å². The maximum atomic E-state index is 12.9. The van der Waals surface area contributed by atoms with Crippen LogP contribution in [0.2, 0.25) is 0 Å². The first-order chi connectivity index (χ1) is 14.3. The van der Waals surface area contributed by atoms with Crippen LogP contribution in [0.3, 0.4) is 0 Å². The van der Waals surface area contributed by atoms with Gasteiger partial charge in [0.2, 0.25) is 5.91 Å². The van der Waals surface area contributed by atoms with Crippen LogP contribution in [-0.4, -0.2) is 43.7 Å². The molecule has 1 fully saturated rings. The monoisotopic (exact) mass is 405 g/mol. The van der Waals surface area contributed by atoms with Crippen LogP contribution in [0.5, 0.6) is 0 Å². The average Bonchev–Trinajstić information content (AvgIpc) is 3.43. The van der Waals surface area contributed by atoms with Crippen molar-refractivity contribution < 1.29 is 4.79 Å². The lowest BCUT2D eigenvalue weighted by atomic mass is 9.97. The standard InChI is InChI=1S/C20H19N7OS/c28-19(25-20-24-15-6-1-2-7-16(15)29-20)14-5-3-9-26(12-14)17-11-18(22-13-21-17)27-10-4-8-23-27/h1-2,4,6-8,10-11,13-14H,3,5,9,12H2,(H,24,25,28). The van der Waals surface area contributed by atoms with Gasteiger partial charge in [0.25, 0.3) is 0 Å². The summed E-state index contributed by atoms with van der Waals surface area (Å²) in [7, 11) is 0. The molecule has 29 heavy (non-hydrogen) atoms. The molecule has 4 heterocycles. The first kappa shape index (κ1) is 17.7. The number of para-hydroxylation sites is 1. The SMILES string of the molecule is O=C(Nc1nc2ccccc2s1)C1CCCN(c2cc(-n3cccn3)ncn2)C1. The Morgan fingerprint density at radius 3 is 2.93 bits per heavy atom. The van der Waals surface area contributed by atoms with Crippen LogP contribution in [0.15, 0.2) is 55.1 Å². The number of carbonyl (C=O) groups is 1. The molecule has 0 bridgehead atoms. The fourth-order valence-electron chi connectivity index (χ4n) is 3.57. The summed E-state index contributed by atoms with van der Waals surface area (Å²) in [5, 5.41) is 7.87. The molecule has 8 nitrogen and oxygen atoms in total. The van der Waals surface area contributed by atoms with Gasteiger partial charge >= 0.3 is 0 Å². The highest BCUT2D eigenvalue weighted by Gasteiger charge is 2.27. The number of benzene rings is 1. The molecular formula is C20H19N7OS. The van der Waals surface area contributed by atoms with Gasteiger partial charge < -0.3 is 10.2 Å². The summed E-state index contributed by atoms with van der Waals surface area (Å²) in [6, 6.07) is 11.6. The molecule has 1 unspecified atom stereocenters. The van der Waals surface area contributed by atoms with Crippen molar-refractivity contribution in [3.05, 3.63) is 55.1 Å². The lowest BCUT2D eigenvalue weighted by Crippen LogP contribution is -2.41. The molecule has 146 valence electrons. The molecule has 1 aliphatic rings. The van der Waals surface area contributed by atoms with Gasteiger partial charge in [-0.05, 0) is 31.0 Å². The van der Waals surface area contributed by atoms with Crippen LogP contribution in [-0.2, 0) is 4.79 Å². The topological polar surface area (TPSA) is 88.8 Å². The Morgan fingerprint density at radius 1 is 1.17 bits per heavy atom. The first-order valence-corrected chi connectivity index (χ1v) is 10.3. The summed E-state index contributed by atoms with van der Waals surface area (Å²) in [5.41, 5.74) is 0.908. The van der Waals surface area contributed by atoms with Crippen LogP contribution in [0, 0.1) is 5.92 Å². The quantitative estimate of drug-likeness (QED) is 0.561. The van der Waals surface area contributed by atoms with Gasteiger partial charge in [0.05, 0.1) is 16.1 Å². The molecule has 0 radical (unpaired) electrons. The van der Waals surface area contributed by atoms with Crippen molar-refractivity contribution in [1.29, 1.82) is 0 Å². The van der Waals surface area contributed by atoms with Gasteiger partial charge in [-0.15, -0.1) is 0 Å². The molecule has 0 spiro atoms. The third-order valence-corrected chi connectivity index (χ3v) is 5.97. The molecule has 1 saturated heterocycles. The van der Waals surface area contributed by atoms with E-state index in [9.17, 15) is 4.79 Å². The first-order valence-electron chi connectivity index (χ1n) is 9.50. The number of fused-ring (bicyclic) bond motifs is 1. The molecule has 1 amide bonds. The highest BCUT2D eigenvalue weighted by molar-refractivity contribution is 7.22. The van der Waals surface area contributed by atoms with Gasteiger partial charge in [0.1, 0.15) is 12.1 Å².